The molecule has 2 aliphatic heterocycles. The van der Waals surface area contributed by atoms with E-state index in [1.165, 1.54) is 0 Å². The van der Waals surface area contributed by atoms with Crippen molar-refractivity contribution >= 4 is 17.5 Å². The number of pyridine rings is 2. The topological polar surface area (TPSA) is 75.4 Å². The number of aromatic nitrogens is 2. The van der Waals surface area contributed by atoms with E-state index in [-0.39, 0.29) is 6.04 Å². The van der Waals surface area contributed by atoms with Crippen molar-refractivity contribution in [3.8, 4) is 11.3 Å². The molecular formula is C16H17N5O. The van der Waals surface area contributed by atoms with Crippen LogP contribution in [0.3, 0.4) is 0 Å². The van der Waals surface area contributed by atoms with Gasteiger partial charge in [-0.05, 0) is 37.6 Å². The maximum absolute atomic E-state index is 11.9. The fraction of sp³-hybridized carbons (Fsp3) is 0.312. The fourth-order valence-electron chi connectivity index (χ4n) is 3.40. The minimum absolute atomic E-state index is 0.128. The SMILES string of the molecule is Cc1ncccc1-c1ccc2c(n1)N(C(N)=O)[C@H]1CCN2C1. The van der Waals surface area contributed by atoms with Crippen LogP contribution in [-0.4, -0.2) is 35.1 Å². The summed E-state index contributed by atoms with van der Waals surface area (Å²) in [7, 11) is 0. The Morgan fingerprint density at radius 1 is 1.36 bits per heavy atom. The first-order chi connectivity index (χ1) is 10.6. The van der Waals surface area contributed by atoms with Crippen molar-refractivity contribution in [1.29, 1.82) is 0 Å². The lowest BCUT2D eigenvalue weighted by molar-refractivity contribution is 0.252. The third-order valence-electron chi connectivity index (χ3n) is 4.47. The molecule has 1 saturated heterocycles. The van der Waals surface area contributed by atoms with E-state index in [1.807, 2.05) is 31.2 Å². The lowest BCUT2D eigenvalue weighted by atomic mass is 10.1. The zero-order chi connectivity index (χ0) is 15.3. The molecule has 2 aromatic rings. The van der Waals surface area contributed by atoms with Gasteiger partial charge in [-0.3, -0.25) is 9.88 Å². The number of primary amides is 1. The van der Waals surface area contributed by atoms with Crippen molar-refractivity contribution in [2.45, 2.75) is 19.4 Å². The van der Waals surface area contributed by atoms with Gasteiger partial charge in [-0.25, -0.2) is 9.78 Å². The van der Waals surface area contributed by atoms with Crippen molar-refractivity contribution in [3.63, 3.8) is 0 Å². The molecule has 0 unspecified atom stereocenters. The molecule has 2 N–H and O–H groups in total. The molecule has 6 nitrogen and oxygen atoms in total. The minimum atomic E-state index is -0.430. The predicted octanol–water partition coefficient (Wildman–Crippen LogP) is 1.93. The normalized spacial score (nSPS) is 19.2. The van der Waals surface area contributed by atoms with E-state index in [4.69, 9.17) is 10.7 Å². The third kappa shape index (κ3) is 1.83. The number of amides is 2. The molecule has 0 aliphatic carbocycles. The molecule has 2 aliphatic rings. The molecule has 0 radical (unpaired) electrons. The lowest BCUT2D eigenvalue weighted by Crippen LogP contribution is -2.48. The Balaban J connectivity index is 1.87. The van der Waals surface area contributed by atoms with Crippen LogP contribution < -0.4 is 15.5 Å². The van der Waals surface area contributed by atoms with Gasteiger partial charge in [0, 0.05) is 30.5 Å². The number of nitrogens with zero attached hydrogens (tertiary/aromatic N) is 4. The summed E-state index contributed by atoms with van der Waals surface area (Å²) < 4.78 is 0. The Morgan fingerprint density at radius 2 is 2.23 bits per heavy atom. The van der Waals surface area contributed by atoms with Crippen LogP contribution in [-0.2, 0) is 0 Å². The second-order valence-electron chi connectivity index (χ2n) is 5.77. The van der Waals surface area contributed by atoms with Gasteiger partial charge in [-0.2, -0.15) is 0 Å². The van der Waals surface area contributed by atoms with E-state index in [1.54, 1.807) is 11.1 Å². The first-order valence-electron chi connectivity index (χ1n) is 7.42. The van der Waals surface area contributed by atoms with E-state index in [2.05, 4.69) is 9.88 Å². The highest BCUT2D eigenvalue weighted by Crippen LogP contribution is 2.39. The van der Waals surface area contributed by atoms with Crippen LogP contribution in [0.25, 0.3) is 11.3 Å². The van der Waals surface area contributed by atoms with Crippen LogP contribution >= 0.6 is 0 Å². The number of fused-ring (bicyclic) bond motifs is 4. The van der Waals surface area contributed by atoms with E-state index in [0.29, 0.717) is 5.82 Å². The van der Waals surface area contributed by atoms with Crippen LogP contribution in [0, 0.1) is 6.92 Å². The number of rotatable bonds is 1. The molecule has 0 saturated carbocycles. The molecule has 22 heavy (non-hydrogen) atoms. The number of anilines is 2. The summed E-state index contributed by atoms with van der Waals surface area (Å²) in [6.07, 6.45) is 2.69. The number of carbonyl (C=O) groups is 1. The summed E-state index contributed by atoms with van der Waals surface area (Å²) in [5.74, 6) is 0.669. The molecule has 6 heteroatoms. The summed E-state index contributed by atoms with van der Waals surface area (Å²) in [5, 5.41) is 0. The summed E-state index contributed by atoms with van der Waals surface area (Å²) >= 11 is 0. The predicted molar refractivity (Wildman–Crippen MR) is 84.9 cm³/mol. The van der Waals surface area contributed by atoms with E-state index < -0.39 is 6.03 Å². The largest absolute Gasteiger partial charge is 0.366 e. The first-order valence-corrected chi connectivity index (χ1v) is 7.42. The second kappa shape index (κ2) is 4.69. The van der Waals surface area contributed by atoms with Crippen molar-refractivity contribution < 1.29 is 4.79 Å². The first kappa shape index (κ1) is 13.1. The van der Waals surface area contributed by atoms with Crippen LogP contribution in [0.5, 0.6) is 0 Å². The van der Waals surface area contributed by atoms with Crippen molar-refractivity contribution in [2.24, 2.45) is 5.73 Å². The fourth-order valence-corrected chi connectivity index (χ4v) is 3.40. The molecule has 1 fully saturated rings. The summed E-state index contributed by atoms with van der Waals surface area (Å²) in [4.78, 5) is 24.9. The molecule has 2 amide bonds. The average molecular weight is 295 g/mol. The standard InChI is InChI=1S/C16H17N5O/c1-10-12(3-2-7-18-10)13-4-5-14-15(19-13)21(16(17)22)11-6-8-20(14)9-11/h2-5,7,11H,6,8-9H2,1H3,(H2,17,22)/t11-/m0/s1. The van der Waals surface area contributed by atoms with Gasteiger partial charge < -0.3 is 10.6 Å². The minimum Gasteiger partial charge on any atom is -0.366 e. The highest BCUT2D eigenvalue weighted by molar-refractivity contribution is 5.96. The smallest absolute Gasteiger partial charge is 0.320 e. The van der Waals surface area contributed by atoms with Gasteiger partial charge in [0.15, 0.2) is 5.82 Å². The van der Waals surface area contributed by atoms with Gasteiger partial charge in [0.25, 0.3) is 0 Å². The summed E-state index contributed by atoms with van der Waals surface area (Å²) in [6.45, 7) is 3.73. The van der Waals surface area contributed by atoms with Gasteiger partial charge in [0.2, 0.25) is 0 Å². The number of hydrogen-bond donors (Lipinski definition) is 1. The molecule has 1 atom stereocenters. The van der Waals surface area contributed by atoms with Crippen molar-refractivity contribution in [3.05, 3.63) is 36.2 Å². The Labute approximate surface area is 128 Å². The molecule has 2 aromatic heterocycles. The van der Waals surface area contributed by atoms with Gasteiger partial charge >= 0.3 is 6.03 Å². The molecule has 112 valence electrons. The van der Waals surface area contributed by atoms with Crippen LogP contribution in [0.1, 0.15) is 12.1 Å². The third-order valence-corrected chi connectivity index (χ3v) is 4.47. The second-order valence-corrected chi connectivity index (χ2v) is 5.77. The van der Waals surface area contributed by atoms with Crippen LogP contribution in [0.2, 0.25) is 0 Å². The summed E-state index contributed by atoms with van der Waals surface area (Å²) in [5.41, 5.74) is 9.29. The average Bonchev–Trinajstić information content (AvgIpc) is 2.91. The molecule has 4 rings (SSSR count). The molecule has 2 bridgehead atoms. The quantitative estimate of drug-likeness (QED) is 0.872. The lowest BCUT2D eigenvalue weighted by Gasteiger charge is -2.34. The van der Waals surface area contributed by atoms with Crippen molar-refractivity contribution in [2.75, 3.05) is 22.9 Å². The van der Waals surface area contributed by atoms with Gasteiger partial charge in [0.1, 0.15) is 0 Å². The molecular weight excluding hydrogens is 278 g/mol. The molecule has 0 aromatic carbocycles. The van der Waals surface area contributed by atoms with E-state index >= 15 is 0 Å². The number of aryl methyl sites for hydroxylation is 1. The van der Waals surface area contributed by atoms with Gasteiger partial charge in [-0.15, -0.1) is 0 Å². The van der Waals surface area contributed by atoms with Gasteiger partial charge in [0.05, 0.1) is 17.4 Å². The summed E-state index contributed by atoms with van der Waals surface area (Å²) in [6, 6.07) is 7.59. The van der Waals surface area contributed by atoms with Crippen LogP contribution in [0.4, 0.5) is 16.3 Å². The number of hydrogen-bond acceptors (Lipinski definition) is 4. The number of nitrogens with two attached hydrogens (primary N) is 1. The van der Waals surface area contributed by atoms with Crippen LogP contribution in [0.15, 0.2) is 30.5 Å². The Bertz CT molecular complexity index is 760. The Hall–Kier alpha value is -2.63. The maximum Gasteiger partial charge on any atom is 0.320 e. The van der Waals surface area contributed by atoms with Gasteiger partial charge in [-0.1, -0.05) is 0 Å². The Kier molecular flexibility index (Phi) is 2.79. The van der Waals surface area contributed by atoms with E-state index in [9.17, 15) is 4.79 Å². The zero-order valence-electron chi connectivity index (χ0n) is 12.4. The van der Waals surface area contributed by atoms with Crippen molar-refractivity contribution in [1.82, 2.24) is 9.97 Å². The monoisotopic (exact) mass is 295 g/mol. The Morgan fingerprint density at radius 3 is 3.00 bits per heavy atom. The van der Waals surface area contributed by atoms with E-state index in [0.717, 1.165) is 42.1 Å². The molecule has 0 spiro atoms. The highest BCUT2D eigenvalue weighted by atomic mass is 16.2. The number of urea groups is 1. The molecule has 4 heterocycles. The maximum atomic E-state index is 11.9. The zero-order valence-corrected chi connectivity index (χ0v) is 12.4. The highest BCUT2D eigenvalue weighted by Gasteiger charge is 2.39. The number of carbonyl (C=O) groups excluding carboxylic acids is 1.